The van der Waals surface area contributed by atoms with Crippen LogP contribution in [0.5, 0.6) is 0 Å². The van der Waals surface area contributed by atoms with E-state index in [1.165, 1.54) is 0 Å². The average molecular weight is 242 g/mol. The minimum atomic E-state index is 0.221. The summed E-state index contributed by atoms with van der Waals surface area (Å²) in [5.41, 5.74) is 0.710. The number of hydrogen-bond acceptors (Lipinski definition) is 2. The van der Waals surface area contributed by atoms with Crippen LogP contribution in [0, 0.1) is 0 Å². The van der Waals surface area contributed by atoms with E-state index in [0.717, 1.165) is 4.47 Å². The van der Waals surface area contributed by atoms with E-state index in [0.29, 0.717) is 11.6 Å². The van der Waals surface area contributed by atoms with E-state index >= 15 is 0 Å². The molecule has 0 radical (unpaired) electrons. The SMILES string of the molecule is ClCc1nc(Cl)ncc1Br. The Hall–Kier alpha value is 0.140. The first-order chi connectivity index (χ1) is 4.74. The lowest BCUT2D eigenvalue weighted by Gasteiger charge is -1.96. The maximum absolute atomic E-state index is 5.53. The van der Waals surface area contributed by atoms with E-state index in [1.807, 2.05) is 0 Å². The van der Waals surface area contributed by atoms with Crippen molar-refractivity contribution in [2.24, 2.45) is 0 Å². The second-order valence-corrected chi connectivity index (χ2v) is 3.03. The van der Waals surface area contributed by atoms with Gasteiger partial charge >= 0.3 is 0 Å². The highest BCUT2D eigenvalue weighted by molar-refractivity contribution is 9.10. The Morgan fingerprint density at radius 2 is 2.30 bits per heavy atom. The van der Waals surface area contributed by atoms with Crippen LogP contribution in [0.3, 0.4) is 0 Å². The zero-order valence-corrected chi connectivity index (χ0v) is 7.91. The lowest BCUT2D eigenvalue weighted by Crippen LogP contribution is -1.89. The van der Waals surface area contributed by atoms with Crippen LogP contribution < -0.4 is 0 Å². The molecule has 0 saturated carbocycles. The Morgan fingerprint density at radius 3 is 2.80 bits per heavy atom. The lowest BCUT2D eigenvalue weighted by molar-refractivity contribution is 1.07. The Kier molecular flexibility index (Phi) is 2.89. The molecular weight excluding hydrogens is 239 g/mol. The third kappa shape index (κ3) is 1.81. The molecule has 0 aliphatic carbocycles. The summed E-state index contributed by atoms with van der Waals surface area (Å²) in [6.45, 7) is 0. The first kappa shape index (κ1) is 8.24. The van der Waals surface area contributed by atoms with Gasteiger partial charge in [0, 0.05) is 6.20 Å². The van der Waals surface area contributed by atoms with Crippen LogP contribution in [0.4, 0.5) is 0 Å². The predicted molar refractivity (Wildman–Crippen MR) is 44.3 cm³/mol. The molecule has 0 N–H and O–H groups in total. The Morgan fingerprint density at radius 1 is 1.60 bits per heavy atom. The van der Waals surface area contributed by atoms with Gasteiger partial charge in [0.25, 0.3) is 0 Å². The van der Waals surface area contributed by atoms with Gasteiger partial charge in [0.1, 0.15) is 0 Å². The molecule has 0 aliphatic heterocycles. The van der Waals surface area contributed by atoms with Gasteiger partial charge in [0.15, 0.2) is 0 Å². The monoisotopic (exact) mass is 240 g/mol. The Labute approximate surface area is 76.7 Å². The van der Waals surface area contributed by atoms with Crippen molar-refractivity contribution in [1.29, 1.82) is 0 Å². The van der Waals surface area contributed by atoms with Crippen LogP contribution in [-0.4, -0.2) is 9.97 Å². The molecule has 5 heteroatoms. The molecule has 0 saturated heterocycles. The summed E-state index contributed by atoms with van der Waals surface area (Å²) in [4.78, 5) is 7.60. The number of halogens is 3. The van der Waals surface area contributed by atoms with Crippen molar-refractivity contribution in [2.45, 2.75) is 5.88 Å². The average Bonchev–Trinajstić information content (AvgIpc) is 1.94. The highest BCUT2D eigenvalue weighted by Gasteiger charge is 2.00. The normalized spacial score (nSPS) is 9.90. The van der Waals surface area contributed by atoms with Crippen molar-refractivity contribution < 1.29 is 0 Å². The van der Waals surface area contributed by atoms with Gasteiger partial charge < -0.3 is 0 Å². The van der Waals surface area contributed by atoms with E-state index in [4.69, 9.17) is 23.2 Å². The topological polar surface area (TPSA) is 25.8 Å². The molecule has 0 aromatic carbocycles. The summed E-state index contributed by atoms with van der Waals surface area (Å²) in [7, 11) is 0. The molecule has 1 rings (SSSR count). The molecule has 2 nitrogen and oxygen atoms in total. The van der Waals surface area contributed by atoms with Crippen molar-refractivity contribution in [3.8, 4) is 0 Å². The Balaban J connectivity index is 3.09. The van der Waals surface area contributed by atoms with Crippen LogP contribution >= 0.6 is 39.1 Å². The number of nitrogens with zero attached hydrogens (tertiary/aromatic N) is 2. The molecule has 1 aromatic rings. The first-order valence-corrected chi connectivity index (χ1v) is 4.17. The summed E-state index contributed by atoms with van der Waals surface area (Å²) in [6.07, 6.45) is 1.58. The summed E-state index contributed by atoms with van der Waals surface area (Å²) in [5, 5.41) is 0.221. The third-order valence-electron chi connectivity index (χ3n) is 0.914. The van der Waals surface area contributed by atoms with Crippen molar-refractivity contribution in [2.75, 3.05) is 0 Å². The van der Waals surface area contributed by atoms with Crippen LogP contribution in [0.2, 0.25) is 5.28 Å². The van der Waals surface area contributed by atoms with Crippen LogP contribution in [0.1, 0.15) is 5.69 Å². The van der Waals surface area contributed by atoms with Gasteiger partial charge in [0.2, 0.25) is 5.28 Å². The van der Waals surface area contributed by atoms with Gasteiger partial charge in [-0.1, -0.05) is 0 Å². The molecule has 0 fully saturated rings. The van der Waals surface area contributed by atoms with Gasteiger partial charge in [-0.3, -0.25) is 0 Å². The van der Waals surface area contributed by atoms with E-state index in [2.05, 4.69) is 25.9 Å². The zero-order chi connectivity index (χ0) is 7.56. The summed E-state index contributed by atoms with van der Waals surface area (Å²) >= 11 is 14.2. The number of alkyl halides is 1. The molecule has 0 unspecified atom stereocenters. The molecular formula is C5H3BrCl2N2. The van der Waals surface area contributed by atoms with Crippen molar-refractivity contribution in [1.82, 2.24) is 9.97 Å². The standard InChI is InChI=1S/C5H3BrCl2N2/c6-3-2-9-5(8)10-4(3)1-7/h2H,1H2. The molecule has 1 aromatic heterocycles. The fraction of sp³-hybridized carbons (Fsp3) is 0.200. The second-order valence-electron chi connectivity index (χ2n) is 1.57. The molecule has 0 aliphatic rings. The molecule has 0 amide bonds. The molecule has 54 valence electrons. The van der Waals surface area contributed by atoms with Crippen LogP contribution in [-0.2, 0) is 5.88 Å². The Bertz CT molecular complexity index is 241. The van der Waals surface area contributed by atoms with Crippen LogP contribution in [0.15, 0.2) is 10.7 Å². The van der Waals surface area contributed by atoms with Gasteiger partial charge in [-0.05, 0) is 27.5 Å². The largest absolute Gasteiger partial charge is 0.225 e. The van der Waals surface area contributed by atoms with Gasteiger partial charge in [-0.2, -0.15) is 0 Å². The maximum atomic E-state index is 5.53. The van der Waals surface area contributed by atoms with Crippen molar-refractivity contribution in [3.63, 3.8) is 0 Å². The van der Waals surface area contributed by atoms with Gasteiger partial charge in [-0.15, -0.1) is 11.6 Å². The van der Waals surface area contributed by atoms with Crippen molar-refractivity contribution in [3.05, 3.63) is 21.6 Å². The first-order valence-electron chi connectivity index (χ1n) is 2.47. The minimum absolute atomic E-state index is 0.221. The van der Waals surface area contributed by atoms with Gasteiger partial charge in [0.05, 0.1) is 16.0 Å². The predicted octanol–water partition coefficient (Wildman–Crippen LogP) is 2.63. The maximum Gasteiger partial charge on any atom is 0.222 e. The molecule has 0 spiro atoms. The highest BCUT2D eigenvalue weighted by atomic mass is 79.9. The second kappa shape index (κ2) is 3.51. The molecule has 10 heavy (non-hydrogen) atoms. The zero-order valence-electron chi connectivity index (χ0n) is 4.81. The number of hydrogen-bond donors (Lipinski definition) is 0. The van der Waals surface area contributed by atoms with E-state index in [1.54, 1.807) is 6.20 Å². The fourth-order valence-electron chi connectivity index (χ4n) is 0.472. The smallest absolute Gasteiger partial charge is 0.222 e. The number of aromatic nitrogens is 2. The lowest BCUT2D eigenvalue weighted by atomic mass is 10.5. The van der Waals surface area contributed by atoms with Crippen LogP contribution in [0.25, 0.3) is 0 Å². The summed E-state index contributed by atoms with van der Waals surface area (Å²) < 4.78 is 0.784. The van der Waals surface area contributed by atoms with E-state index in [-0.39, 0.29) is 5.28 Å². The quantitative estimate of drug-likeness (QED) is 0.558. The minimum Gasteiger partial charge on any atom is -0.225 e. The fourth-order valence-corrected chi connectivity index (χ4v) is 1.32. The molecule has 0 atom stereocenters. The van der Waals surface area contributed by atoms with Gasteiger partial charge in [-0.25, -0.2) is 9.97 Å². The number of rotatable bonds is 1. The summed E-state index contributed by atoms with van der Waals surface area (Å²) in [5.74, 6) is 0.336. The molecule has 1 heterocycles. The third-order valence-corrected chi connectivity index (χ3v) is 2.01. The van der Waals surface area contributed by atoms with E-state index < -0.39 is 0 Å². The highest BCUT2D eigenvalue weighted by Crippen LogP contribution is 2.16. The van der Waals surface area contributed by atoms with E-state index in [9.17, 15) is 0 Å². The van der Waals surface area contributed by atoms with Crippen molar-refractivity contribution >= 4 is 39.1 Å². The molecule has 0 bridgehead atoms. The summed E-state index contributed by atoms with van der Waals surface area (Å²) in [6, 6.07) is 0.